The van der Waals surface area contributed by atoms with Crippen LogP contribution in [0.15, 0.2) is 30.5 Å². The van der Waals surface area contributed by atoms with E-state index in [-0.39, 0.29) is 5.82 Å². The van der Waals surface area contributed by atoms with Crippen LogP contribution in [0, 0.1) is 26.6 Å². The highest BCUT2D eigenvalue weighted by Gasteiger charge is 2.18. The third kappa shape index (κ3) is 2.41. The molecule has 0 aliphatic rings. The van der Waals surface area contributed by atoms with Crippen LogP contribution >= 0.6 is 0 Å². The first-order valence-corrected chi connectivity index (χ1v) is 5.86. The van der Waals surface area contributed by atoms with Gasteiger partial charge in [0.2, 0.25) is 0 Å². The summed E-state index contributed by atoms with van der Waals surface area (Å²) < 4.78 is 13.9. The molecule has 2 nitrogen and oxygen atoms in total. The number of halogens is 1. The molecule has 1 aromatic heterocycles. The lowest BCUT2D eigenvalue weighted by molar-refractivity contribution is 0.213. The molecule has 0 saturated heterocycles. The van der Waals surface area contributed by atoms with Crippen LogP contribution in [0.3, 0.4) is 0 Å². The lowest BCUT2D eigenvalue weighted by Crippen LogP contribution is -2.06. The molecule has 1 unspecified atom stereocenters. The molecule has 3 heteroatoms. The van der Waals surface area contributed by atoms with Gasteiger partial charge in [-0.2, -0.15) is 0 Å². The predicted octanol–water partition coefficient (Wildman–Crippen LogP) is 3.23. The average Bonchev–Trinajstić information content (AvgIpc) is 2.28. The molecule has 1 atom stereocenters. The van der Waals surface area contributed by atoms with Crippen LogP contribution in [0.4, 0.5) is 4.39 Å². The number of pyridine rings is 1. The molecular formula is C15H16FNO. The van der Waals surface area contributed by atoms with Gasteiger partial charge in [0.25, 0.3) is 0 Å². The van der Waals surface area contributed by atoms with Crippen LogP contribution in [-0.2, 0) is 0 Å². The molecule has 0 aliphatic heterocycles. The Balaban J connectivity index is 2.46. The highest BCUT2D eigenvalue weighted by molar-refractivity contribution is 5.38. The van der Waals surface area contributed by atoms with Crippen molar-refractivity contribution in [1.82, 2.24) is 4.98 Å². The summed E-state index contributed by atoms with van der Waals surface area (Å²) in [5.74, 6) is -0.374. The average molecular weight is 245 g/mol. The quantitative estimate of drug-likeness (QED) is 0.881. The molecule has 1 aromatic carbocycles. The van der Waals surface area contributed by atoms with Gasteiger partial charge in [0.15, 0.2) is 0 Å². The van der Waals surface area contributed by atoms with E-state index >= 15 is 0 Å². The fraction of sp³-hybridized carbons (Fsp3) is 0.267. The second-order valence-electron chi connectivity index (χ2n) is 4.61. The summed E-state index contributed by atoms with van der Waals surface area (Å²) in [6.07, 6.45) is 0.609. The van der Waals surface area contributed by atoms with Gasteiger partial charge in [-0.15, -0.1) is 0 Å². The molecule has 1 N–H and O–H groups in total. The number of aliphatic hydroxyl groups is 1. The topological polar surface area (TPSA) is 33.1 Å². The number of aliphatic hydroxyl groups excluding tert-OH is 1. The molecule has 2 aromatic rings. The van der Waals surface area contributed by atoms with Crippen molar-refractivity contribution >= 4 is 0 Å². The number of aromatic nitrogens is 1. The minimum atomic E-state index is -0.973. The normalized spacial score (nSPS) is 12.5. The monoisotopic (exact) mass is 245 g/mol. The zero-order valence-corrected chi connectivity index (χ0v) is 10.7. The number of hydrogen-bond acceptors (Lipinski definition) is 2. The maximum Gasteiger partial charge on any atom is 0.129 e. The van der Waals surface area contributed by atoms with Crippen molar-refractivity contribution in [2.45, 2.75) is 26.9 Å². The van der Waals surface area contributed by atoms with Crippen molar-refractivity contribution in [2.24, 2.45) is 0 Å². The smallest absolute Gasteiger partial charge is 0.129 e. The highest BCUT2D eigenvalue weighted by atomic mass is 19.1. The number of benzene rings is 1. The van der Waals surface area contributed by atoms with E-state index in [1.54, 1.807) is 25.3 Å². The molecule has 0 amide bonds. The minimum Gasteiger partial charge on any atom is -0.383 e. The van der Waals surface area contributed by atoms with Crippen LogP contribution in [0.5, 0.6) is 0 Å². The molecular weight excluding hydrogens is 229 g/mol. The number of nitrogens with zero attached hydrogens (tertiary/aromatic N) is 1. The van der Waals surface area contributed by atoms with Crippen molar-refractivity contribution in [3.63, 3.8) is 0 Å². The van der Waals surface area contributed by atoms with Crippen LogP contribution in [0.2, 0.25) is 0 Å². The van der Waals surface area contributed by atoms with Crippen molar-refractivity contribution in [3.8, 4) is 0 Å². The molecule has 0 spiro atoms. The second-order valence-corrected chi connectivity index (χ2v) is 4.61. The summed E-state index contributed by atoms with van der Waals surface area (Å²) in [6, 6.07) is 6.88. The van der Waals surface area contributed by atoms with E-state index in [0.717, 1.165) is 16.8 Å². The molecule has 0 saturated carbocycles. The Bertz CT molecular complexity index is 540. The SMILES string of the molecule is Cc1cc(C)c(C(O)c2ccc(C)nc2)c(F)c1. The maximum absolute atomic E-state index is 13.9. The van der Waals surface area contributed by atoms with E-state index in [9.17, 15) is 9.50 Å². The minimum absolute atomic E-state index is 0.325. The Morgan fingerprint density at radius 2 is 1.89 bits per heavy atom. The van der Waals surface area contributed by atoms with Crippen LogP contribution in [0.25, 0.3) is 0 Å². The molecule has 0 bridgehead atoms. The van der Waals surface area contributed by atoms with Gasteiger partial charge in [-0.1, -0.05) is 12.1 Å². The van der Waals surface area contributed by atoms with E-state index in [1.807, 2.05) is 19.9 Å². The summed E-state index contributed by atoms with van der Waals surface area (Å²) in [7, 11) is 0. The zero-order valence-electron chi connectivity index (χ0n) is 10.7. The number of aryl methyl sites for hydroxylation is 3. The molecule has 0 aliphatic carbocycles. The molecule has 18 heavy (non-hydrogen) atoms. The number of rotatable bonds is 2. The van der Waals surface area contributed by atoms with E-state index in [4.69, 9.17) is 0 Å². The summed E-state index contributed by atoms with van der Waals surface area (Å²) in [4.78, 5) is 4.12. The van der Waals surface area contributed by atoms with Gasteiger partial charge in [0.05, 0.1) is 0 Å². The fourth-order valence-electron chi connectivity index (χ4n) is 2.08. The second kappa shape index (κ2) is 4.86. The maximum atomic E-state index is 13.9. The van der Waals surface area contributed by atoms with Crippen molar-refractivity contribution in [3.05, 3.63) is 64.2 Å². The van der Waals surface area contributed by atoms with E-state index < -0.39 is 6.10 Å². The largest absolute Gasteiger partial charge is 0.383 e. The summed E-state index contributed by atoms with van der Waals surface area (Å²) in [6.45, 7) is 5.50. The first-order valence-electron chi connectivity index (χ1n) is 5.86. The Morgan fingerprint density at radius 3 is 2.44 bits per heavy atom. The lowest BCUT2D eigenvalue weighted by atomic mass is 9.96. The van der Waals surface area contributed by atoms with Crippen LogP contribution in [0.1, 0.15) is 34.1 Å². The van der Waals surface area contributed by atoms with Gasteiger partial charge >= 0.3 is 0 Å². The van der Waals surface area contributed by atoms with E-state index in [0.29, 0.717) is 11.1 Å². The number of hydrogen-bond donors (Lipinski definition) is 1. The summed E-state index contributed by atoms with van der Waals surface area (Å²) >= 11 is 0. The standard InChI is InChI=1S/C15H16FNO/c1-9-6-10(2)14(13(16)7-9)15(18)12-5-4-11(3)17-8-12/h4-8,15,18H,1-3H3. The first-order chi connectivity index (χ1) is 8.49. The third-order valence-corrected chi connectivity index (χ3v) is 3.00. The zero-order chi connectivity index (χ0) is 13.3. The Hall–Kier alpha value is -1.74. The van der Waals surface area contributed by atoms with Crippen molar-refractivity contribution < 1.29 is 9.50 Å². The van der Waals surface area contributed by atoms with Gasteiger partial charge in [-0.3, -0.25) is 4.98 Å². The molecule has 0 radical (unpaired) electrons. The van der Waals surface area contributed by atoms with E-state index in [2.05, 4.69) is 4.98 Å². The lowest BCUT2D eigenvalue weighted by Gasteiger charge is -2.15. The summed E-state index contributed by atoms with van der Waals surface area (Å²) in [5, 5.41) is 10.3. The Kier molecular flexibility index (Phi) is 3.43. The van der Waals surface area contributed by atoms with Crippen molar-refractivity contribution in [2.75, 3.05) is 0 Å². The van der Waals surface area contributed by atoms with Gasteiger partial charge in [-0.25, -0.2) is 4.39 Å². The van der Waals surface area contributed by atoms with Crippen molar-refractivity contribution in [1.29, 1.82) is 0 Å². The molecule has 94 valence electrons. The highest BCUT2D eigenvalue weighted by Crippen LogP contribution is 2.27. The van der Waals surface area contributed by atoms with Gasteiger partial charge in [0, 0.05) is 23.0 Å². The van der Waals surface area contributed by atoms with Crippen LogP contribution in [-0.4, -0.2) is 10.1 Å². The molecule has 2 rings (SSSR count). The summed E-state index contributed by atoms with van der Waals surface area (Å²) in [5.41, 5.74) is 3.40. The molecule has 0 fully saturated rings. The first kappa shape index (κ1) is 12.7. The predicted molar refractivity (Wildman–Crippen MR) is 68.9 cm³/mol. The molecule has 1 heterocycles. The third-order valence-electron chi connectivity index (χ3n) is 3.00. The van der Waals surface area contributed by atoms with Gasteiger partial charge in [-0.05, 0) is 44.0 Å². The van der Waals surface area contributed by atoms with E-state index in [1.165, 1.54) is 6.07 Å². The Morgan fingerprint density at radius 1 is 1.17 bits per heavy atom. The van der Waals surface area contributed by atoms with Gasteiger partial charge in [0.1, 0.15) is 11.9 Å². The fourth-order valence-corrected chi connectivity index (χ4v) is 2.08. The Labute approximate surface area is 106 Å². The van der Waals surface area contributed by atoms with Gasteiger partial charge < -0.3 is 5.11 Å². The van der Waals surface area contributed by atoms with Crippen LogP contribution < -0.4 is 0 Å².